The van der Waals surface area contributed by atoms with E-state index in [1.165, 1.54) is 17.5 Å². The topological polar surface area (TPSA) is 60.2 Å². The van der Waals surface area contributed by atoms with Gasteiger partial charge < -0.3 is 14.6 Å². The maximum absolute atomic E-state index is 5.85. The molecule has 0 spiro atoms. The smallest absolute Gasteiger partial charge is 0.213 e. The van der Waals surface area contributed by atoms with Gasteiger partial charge in [-0.1, -0.05) is 22.9 Å². The van der Waals surface area contributed by atoms with Gasteiger partial charge in [-0.3, -0.25) is 0 Å². The van der Waals surface area contributed by atoms with Gasteiger partial charge in [0, 0.05) is 13.0 Å². The summed E-state index contributed by atoms with van der Waals surface area (Å²) in [7, 11) is 0. The fourth-order valence-corrected chi connectivity index (χ4v) is 2.18. The third-order valence-corrected chi connectivity index (χ3v) is 3.02. The Morgan fingerprint density at radius 1 is 1.44 bits per heavy atom. The van der Waals surface area contributed by atoms with E-state index in [0.717, 1.165) is 18.7 Å². The van der Waals surface area contributed by atoms with Crippen LogP contribution in [-0.2, 0) is 13.0 Å². The Morgan fingerprint density at radius 3 is 3.22 bits per heavy atom. The number of benzene rings is 1. The SMILES string of the molecule is Cc1ccc2c(c1)CC(CNCc1ncon1)O2. The molecule has 5 heteroatoms. The summed E-state index contributed by atoms with van der Waals surface area (Å²) >= 11 is 0. The van der Waals surface area contributed by atoms with Gasteiger partial charge in [0.05, 0.1) is 6.54 Å². The molecule has 2 heterocycles. The number of nitrogens with one attached hydrogen (secondary N) is 1. The van der Waals surface area contributed by atoms with Crippen LogP contribution < -0.4 is 10.1 Å². The molecule has 2 aromatic rings. The number of nitrogens with zero attached hydrogens (tertiary/aromatic N) is 2. The zero-order chi connectivity index (χ0) is 12.4. The summed E-state index contributed by atoms with van der Waals surface area (Å²) < 4.78 is 10.5. The van der Waals surface area contributed by atoms with Crippen LogP contribution in [0.4, 0.5) is 0 Å². The molecule has 3 rings (SSSR count). The van der Waals surface area contributed by atoms with Crippen LogP contribution in [0, 0.1) is 6.92 Å². The van der Waals surface area contributed by atoms with Gasteiger partial charge in [0.1, 0.15) is 11.9 Å². The molecule has 18 heavy (non-hydrogen) atoms. The van der Waals surface area contributed by atoms with Crippen molar-refractivity contribution in [3.63, 3.8) is 0 Å². The molecule has 0 radical (unpaired) electrons. The molecule has 1 unspecified atom stereocenters. The quantitative estimate of drug-likeness (QED) is 0.884. The van der Waals surface area contributed by atoms with Gasteiger partial charge in [0.25, 0.3) is 0 Å². The van der Waals surface area contributed by atoms with Crippen molar-refractivity contribution < 1.29 is 9.26 Å². The first kappa shape index (κ1) is 11.2. The highest BCUT2D eigenvalue weighted by molar-refractivity contribution is 5.40. The van der Waals surface area contributed by atoms with Gasteiger partial charge in [-0.15, -0.1) is 0 Å². The van der Waals surface area contributed by atoms with E-state index in [4.69, 9.17) is 4.74 Å². The van der Waals surface area contributed by atoms with Crippen LogP contribution in [0.25, 0.3) is 0 Å². The van der Waals surface area contributed by atoms with Crippen LogP contribution >= 0.6 is 0 Å². The molecule has 1 aromatic heterocycles. The van der Waals surface area contributed by atoms with E-state index in [0.29, 0.717) is 12.4 Å². The van der Waals surface area contributed by atoms with E-state index in [1.54, 1.807) is 0 Å². The lowest BCUT2D eigenvalue weighted by Gasteiger charge is -2.10. The van der Waals surface area contributed by atoms with Crippen molar-refractivity contribution in [3.05, 3.63) is 41.5 Å². The highest BCUT2D eigenvalue weighted by Crippen LogP contribution is 2.29. The molecule has 0 bridgehead atoms. The summed E-state index contributed by atoms with van der Waals surface area (Å²) in [6.45, 7) is 3.48. The van der Waals surface area contributed by atoms with Gasteiger partial charge in [0.15, 0.2) is 5.82 Å². The van der Waals surface area contributed by atoms with Crippen LogP contribution in [0.3, 0.4) is 0 Å². The standard InChI is InChI=1S/C13H15N3O2/c1-9-2-3-12-10(4-9)5-11(18-12)6-14-7-13-15-8-17-16-13/h2-4,8,11,14H,5-7H2,1H3. The zero-order valence-corrected chi connectivity index (χ0v) is 10.2. The van der Waals surface area contributed by atoms with Crippen molar-refractivity contribution in [3.8, 4) is 5.75 Å². The molecule has 1 aromatic carbocycles. The molecular weight excluding hydrogens is 230 g/mol. The van der Waals surface area contributed by atoms with Crippen LogP contribution in [0.15, 0.2) is 29.1 Å². The largest absolute Gasteiger partial charge is 0.488 e. The lowest BCUT2D eigenvalue weighted by molar-refractivity contribution is 0.226. The number of ether oxygens (including phenoxy) is 1. The number of aromatic nitrogens is 2. The summed E-state index contributed by atoms with van der Waals surface area (Å²) in [5.74, 6) is 1.67. The van der Waals surface area contributed by atoms with Crippen molar-refractivity contribution in [2.75, 3.05) is 6.54 Å². The summed E-state index contributed by atoms with van der Waals surface area (Å²) in [5.41, 5.74) is 2.57. The molecule has 1 atom stereocenters. The van der Waals surface area contributed by atoms with Gasteiger partial charge in [0.2, 0.25) is 6.39 Å². The fourth-order valence-electron chi connectivity index (χ4n) is 2.18. The third kappa shape index (κ3) is 2.36. The second kappa shape index (κ2) is 4.78. The van der Waals surface area contributed by atoms with Crippen LogP contribution in [-0.4, -0.2) is 22.8 Å². The lowest BCUT2D eigenvalue weighted by Crippen LogP contribution is -2.30. The number of aryl methyl sites for hydroxylation is 1. The second-order valence-electron chi connectivity index (χ2n) is 4.53. The number of rotatable bonds is 4. The van der Waals surface area contributed by atoms with Crippen molar-refractivity contribution >= 4 is 0 Å². The molecule has 1 N–H and O–H groups in total. The van der Waals surface area contributed by atoms with Gasteiger partial charge in [-0.05, 0) is 18.6 Å². The highest BCUT2D eigenvalue weighted by atomic mass is 16.5. The average molecular weight is 245 g/mol. The average Bonchev–Trinajstić information content (AvgIpc) is 2.97. The summed E-state index contributed by atoms with van der Waals surface area (Å²) in [6, 6.07) is 6.31. The zero-order valence-electron chi connectivity index (χ0n) is 10.2. The lowest BCUT2D eigenvalue weighted by atomic mass is 10.1. The second-order valence-corrected chi connectivity index (χ2v) is 4.53. The van der Waals surface area contributed by atoms with E-state index in [9.17, 15) is 0 Å². The van der Waals surface area contributed by atoms with Crippen molar-refractivity contribution in [2.24, 2.45) is 0 Å². The van der Waals surface area contributed by atoms with Gasteiger partial charge >= 0.3 is 0 Å². The van der Waals surface area contributed by atoms with E-state index >= 15 is 0 Å². The minimum absolute atomic E-state index is 0.189. The predicted molar refractivity (Wildman–Crippen MR) is 65.3 cm³/mol. The van der Waals surface area contributed by atoms with E-state index in [1.807, 2.05) is 6.07 Å². The molecule has 1 aliphatic heterocycles. The monoisotopic (exact) mass is 245 g/mol. The first-order valence-corrected chi connectivity index (χ1v) is 6.03. The third-order valence-electron chi connectivity index (χ3n) is 3.02. The van der Waals surface area contributed by atoms with Gasteiger partial charge in [-0.2, -0.15) is 4.98 Å². The summed E-state index contributed by atoms with van der Waals surface area (Å²) in [4.78, 5) is 3.95. The molecule has 0 saturated carbocycles. The normalized spacial score (nSPS) is 17.5. The van der Waals surface area contributed by atoms with Crippen molar-refractivity contribution in [1.29, 1.82) is 0 Å². The van der Waals surface area contributed by atoms with Crippen LogP contribution in [0.1, 0.15) is 17.0 Å². The fraction of sp³-hybridized carbons (Fsp3) is 0.385. The van der Waals surface area contributed by atoms with Crippen LogP contribution in [0.2, 0.25) is 0 Å². The molecule has 0 fully saturated rings. The maximum Gasteiger partial charge on any atom is 0.213 e. The first-order chi connectivity index (χ1) is 8.81. The highest BCUT2D eigenvalue weighted by Gasteiger charge is 2.22. The molecule has 94 valence electrons. The van der Waals surface area contributed by atoms with E-state index in [-0.39, 0.29) is 6.10 Å². The van der Waals surface area contributed by atoms with E-state index < -0.39 is 0 Å². The van der Waals surface area contributed by atoms with Crippen LogP contribution in [0.5, 0.6) is 5.75 Å². The first-order valence-electron chi connectivity index (χ1n) is 6.03. The predicted octanol–water partition coefficient (Wildman–Crippen LogP) is 1.47. The Hall–Kier alpha value is -1.88. The van der Waals surface area contributed by atoms with Crippen molar-refractivity contribution in [1.82, 2.24) is 15.5 Å². The molecule has 5 nitrogen and oxygen atoms in total. The Balaban J connectivity index is 1.52. The number of hydrogen-bond acceptors (Lipinski definition) is 5. The maximum atomic E-state index is 5.85. The minimum Gasteiger partial charge on any atom is -0.488 e. The number of hydrogen-bond donors (Lipinski definition) is 1. The molecular formula is C13H15N3O2. The Bertz CT molecular complexity index is 525. The minimum atomic E-state index is 0.189. The molecule has 1 aliphatic rings. The van der Waals surface area contributed by atoms with Crippen molar-refractivity contribution in [2.45, 2.75) is 26.0 Å². The van der Waals surface area contributed by atoms with Gasteiger partial charge in [-0.25, -0.2) is 0 Å². The summed E-state index contributed by atoms with van der Waals surface area (Å²) in [5, 5.41) is 7.01. The number of fused-ring (bicyclic) bond motifs is 1. The summed E-state index contributed by atoms with van der Waals surface area (Å²) in [6.07, 6.45) is 2.48. The Labute approximate surface area is 105 Å². The Morgan fingerprint density at radius 2 is 2.39 bits per heavy atom. The van der Waals surface area contributed by atoms with E-state index in [2.05, 4.69) is 39.0 Å². The Kier molecular flexibility index (Phi) is 2.98. The molecule has 0 amide bonds. The molecule has 0 aliphatic carbocycles. The molecule has 0 saturated heterocycles.